The fourth-order valence-electron chi connectivity index (χ4n) is 3.14. The number of hydrogen-bond donors (Lipinski definition) is 1. The van der Waals surface area contributed by atoms with Gasteiger partial charge in [0.25, 0.3) is 5.91 Å². The Kier molecular flexibility index (Phi) is 6.89. The molecule has 0 atom stereocenters. The highest BCUT2D eigenvalue weighted by atomic mass is 16.5. The van der Waals surface area contributed by atoms with Gasteiger partial charge in [0.05, 0.1) is 13.2 Å². The summed E-state index contributed by atoms with van der Waals surface area (Å²) in [6.45, 7) is -0.0199. The van der Waals surface area contributed by atoms with Gasteiger partial charge in [-0.2, -0.15) is 0 Å². The number of hydrogen-bond acceptors (Lipinski definition) is 5. The van der Waals surface area contributed by atoms with E-state index in [2.05, 4.69) is 5.32 Å². The number of esters is 1. The molecule has 28 heavy (non-hydrogen) atoms. The molecule has 0 heterocycles. The standard InChI is InChI=1S/C22H25NO5/c1-26-19-12-11-17(13-20(19)28-18-9-5-6-10-18)22(25)23-14-21(24)27-15-16-7-3-2-4-8-16/h2-4,7-8,11-13,18H,5-6,9-10,14-15H2,1H3,(H,23,25). The molecular formula is C22H25NO5. The zero-order valence-corrected chi connectivity index (χ0v) is 16.0. The van der Waals surface area contributed by atoms with Gasteiger partial charge < -0.3 is 19.5 Å². The molecule has 0 radical (unpaired) electrons. The van der Waals surface area contributed by atoms with Gasteiger partial charge in [-0.3, -0.25) is 9.59 Å². The van der Waals surface area contributed by atoms with Crippen molar-refractivity contribution < 1.29 is 23.8 Å². The summed E-state index contributed by atoms with van der Waals surface area (Å²) in [4.78, 5) is 24.3. The number of carbonyl (C=O) groups is 2. The van der Waals surface area contributed by atoms with Crippen molar-refractivity contribution >= 4 is 11.9 Å². The number of benzene rings is 2. The molecular weight excluding hydrogens is 358 g/mol. The Bertz CT molecular complexity index is 800. The van der Waals surface area contributed by atoms with Gasteiger partial charge >= 0.3 is 5.97 Å². The second kappa shape index (κ2) is 9.78. The number of carbonyl (C=O) groups excluding carboxylic acids is 2. The van der Waals surface area contributed by atoms with Crippen LogP contribution < -0.4 is 14.8 Å². The van der Waals surface area contributed by atoms with Gasteiger partial charge in [0.1, 0.15) is 13.2 Å². The van der Waals surface area contributed by atoms with Gasteiger partial charge in [0.15, 0.2) is 11.5 Å². The largest absolute Gasteiger partial charge is 0.493 e. The van der Waals surface area contributed by atoms with Crippen LogP contribution >= 0.6 is 0 Å². The Morgan fingerprint density at radius 3 is 2.50 bits per heavy atom. The number of methoxy groups -OCH3 is 1. The Labute approximate surface area is 164 Å². The lowest BCUT2D eigenvalue weighted by atomic mass is 10.2. The Morgan fingerprint density at radius 1 is 1.04 bits per heavy atom. The van der Waals surface area contributed by atoms with E-state index in [4.69, 9.17) is 14.2 Å². The van der Waals surface area contributed by atoms with E-state index >= 15 is 0 Å². The maximum Gasteiger partial charge on any atom is 0.325 e. The van der Waals surface area contributed by atoms with Crippen molar-refractivity contribution in [1.82, 2.24) is 5.32 Å². The van der Waals surface area contributed by atoms with E-state index in [1.54, 1.807) is 25.3 Å². The van der Waals surface area contributed by atoms with E-state index in [1.165, 1.54) is 0 Å². The summed E-state index contributed by atoms with van der Waals surface area (Å²) in [5.74, 6) is 0.281. The molecule has 2 aromatic rings. The second-order valence-corrected chi connectivity index (χ2v) is 6.72. The molecule has 1 fully saturated rings. The summed E-state index contributed by atoms with van der Waals surface area (Å²) in [5, 5.41) is 2.58. The van der Waals surface area contributed by atoms with Crippen LogP contribution in [0.4, 0.5) is 0 Å². The van der Waals surface area contributed by atoms with Crippen LogP contribution in [0.1, 0.15) is 41.6 Å². The predicted molar refractivity (Wildman–Crippen MR) is 104 cm³/mol. The first kappa shape index (κ1) is 19.7. The summed E-state index contributed by atoms with van der Waals surface area (Å²) < 4.78 is 16.5. The first-order valence-electron chi connectivity index (χ1n) is 9.48. The zero-order valence-electron chi connectivity index (χ0n) is 16.0. The minimum absolute atomic E-state index is 0.153. The quantitative estimate of drug-likeness (QED) is 0.707. The molecule has 1 N–H and O–H groups in total. The topological polar surface area (TPSA) is 73.9 Å². The van der Waals surface area contributed by atoms with Crippen LogP contribution in [0.2, 0.25) is 0 Å². The highest BCUT2D eigenvalue weighted by Gasteiger charge is 2.20. The molecule has 148 valence electrons. The van der Waals surface area contributed by atoms with Crippen molar-refractivity contribution in [2.75, 3.05) is 13.7 Å². The van der Waals surface area contributed by atoms with Crippen molar-refractivity contribution in [2.45, 2.75) is 38.4 Å². The molecule has 2 aromatic carbocycles. The average Bonchev–Trinajstić information content (AvgIpc) is 3.24. The number of amides is 1. The first-order chi connectivity index (χ1) is 13.7. The second-order valence-electron chi connectivity index (χ2n) is 6.72. The molecule has 0 unspecified atom stereocenters. The van der Waals surface area contributed by atoms with Crippen molar-refractivity contribution in [3.05, 3.63) is 59.7 Å². The molecule has 0 bridgehead atoms. The van der Waals surface area contributed by atoms with Gasteiger partial charge in [-0.1, -0.05) is 30.3 Å². The Hall–Kier alpha value is -3.02. The van der Waals surface area contributed by atoms with Crippen LogP contribution in [-0.2, 0) is 16.1 Å². The summed E-state index contributed by atoms with van der Waals surface area (Å²) in [5.41, 5.74) is 1.30. The van der Waals surface area contributed by atoms with E-state index in [0.29, 0.717) is 17.1 Å². The molecule has 6 heteroatoms. The van der Waals surface area contributed by atoms with Crippen molar-refractivity contribution in [2.24, 2.45) is 0 Å². The lowest BCUT2D eigenvalue weighted by Gasteiger charge is -2.16. The van der Waals surface area contributed by atoms with Crippen LogP contribution in [0.3, 0.4) is 0 Å². The minimum Gasteiger partial charge on any atom is -0.493 e. The monoisotopic (exact) mass is 383 g/mol. The molecule has 3 rings (SSSR count). The van der Waals surface area contributed by atoms with Crippen molar-refractivity contribution in [3.8, 4) is 11.5 Å². The number of rotatable bonds is 8. The van der Waals surface area contributed by atoms with Gasteiger partial charge in [-0.25, -0.2) is 0 Å². The number of nitrogens with one attached hydrogen (secondary N) is 1. The van der Waals surface area contributed by atoms with Crippen molar-refractivity contribution in [1.29, 1.82) is 0 Å². The maximum atomic E-state index is 12.4. The molecule has 1 saturated carbocycles. The van der Waals surface area contributed by atoms with E-state index < -0.39 is 5.97 Å². The first-order valence-corrected chi connectivity index (χ1v) is 9.48. The molecule has 0 spiro atoms. The lowest BCUT2D eigenvalue weighted by Crippen LogP contribution is -2.30. The number of ether oxygens (including phenoxy) is 3. The summed E-state index contributed by atoms with van der Waals surface area (Å²) >= 11 is 0. The molecule has 6 nitrogen and oxygen atoms in total. The predicted octanol–water partition coefficient (Wildman–Crippen LogP) is 3.49. The Balaban J connectivity index is 1.53. The highest BCUT2D eigenvalue weighted by Crippen LogP contribution is 2.32. The fraction of sp³-hybridized carbons (Fsp3) is 0.364. The third kappa shape index (κ3) is 5.49. The molecule has 1 amide bonds. The lowest BCUT2D eigenvalue weighted by molar-refractivity contribution is -0.143. The fourth-order valence-corrected chi connectivity index (χ4v) is 3.14. The SMILES string of the molecule is COc1ccc(C(=O)NCC(=O)OCc2ccccc2)cc1OC1CCCC1. The Morgan fingerprint density at radius 2 is 1.79 bits per heavy atom. The van der Waals surface area contributed by atoms with Gasteiger partial charge in [0, 0.05) is 5.56 Å². The third-order valence-electron chi connectivity index (χ3n) is 4.66. The summed E-state index contributed by atoms with van der Waals surface area (Å²) in [6, 6.07) is 14.4. The molecule has 0 aromatic heterocycles. The smallest absolute Gasteiger partial charge is 0.325 e. The van der Waals surface area contributed by atoms with Crippen LogP contribution in [0.15, 0.2) is 48.5 Å². The van der Waals surface area contributed by atoms with Crippen LogP contribution in [0, 0.1) is 0 Å². The summed E-state index contributed by atoms with van der Waals surface area (Å²) in [6.07, 6.45) is 4.47. The molecule has 1 aliphatic carbocycles. The zero-order chi connectivity index (χ0) is 19.8. The van der Waals surface area contributed by atoms with Crippen molar-refractivity contribution in [3.63, 3.8) is 0 Å². The molecule has 0 aliphatic heterocycles. The van der Waals surface area contributed by atoms with Crippen LogP contribution in [-0.4, -0.2) is 31.6 Å². The van der Waals surface area contributed by atoms with Gasteiger partial charge in [0.2, 0.25) is 0 Å². The van der Waals surface area contributed by atoms with E-state index in [1.807, 2.05) is 30.3 Å². The van der Waals surface area contributed by atoms with Crippen LogP contribution in [0.5, 0.6) is 11.5 Å². The van der Waals surface area contributed by atoms with Gasteiger partial charge in [-0.15, -0.1) is 0 Å². The molecule has 0 saturated heterocycles. The minimum atomic E-state index is -0.492. The van der Waals surface area contributed by atoms with E-state index in [9.17, 15) is 9.59 Å². The van der Waals surface area contributed by atoms with E-state index in [-0.39, 0.29) is 25.2 Å². The highest BCUT2D eigenvalue weighted by molar-refractivity contribution is 5.96. The average molecular weight is 383 g/mol. The van der Waals surface area contributed by atoms with E-state index in [0.717, 1.165) is 31.2 Å². The van der Waals surface area contributed by atoms with Crippen LogP contribution in [0.25, 0.3) is 0 Å². The molecule has 1 aliphatic rings. The maximum absolute atomic E-state index is 12.4. The summed E-state index contributed by atoms with van der Waals surface area (Å²) in [7, 11) is 1.57. The van der Waals surface area contributed by atoms with Gasteiger partial charge in [-0.05, 0) is 49.4 Å². The third-order valence-corrected chi connectivity index (χ3v) is 4.66. The normalized spacial score (nSPS) is 13.8.